The Kier molecular flexibility index (Phi) is 2.62. The van der Waals surface area contributed by atoms with Crippen LogP contribution >= 0.6 is 0 Å². The summed E-state index contributed by atoms with van der Waals surface area (Å²) in [7, 11) is 1.69. The number of anilines is 1. The zero-order valence-corrected chi connectivity index (χ0v) is 8.79. The SMILES string of the molecule is COc1ccc(NC2CC(C)C2)cc1. The zero-order valence-electron chi connectivity index (χ0n) is 8.79. The molecule has 0 heterocycles. The van der Waals surface area contributed by atoms with Crippen LogP contribution in [0.25, 0.3) is 0 Å². The lowest BCUT2D eigenvalue weighted by atomic mass is 9.82. The summed E-state index contributed by atoms with van der Waals surface area (Å²) in [6, 6.07) is 8.80. The molecule has 0 bridgehead atoms. The van der Waals surface area contributed by atoms with Crippen LogP contribution in [0.5, 0.6) is 5.75 Å². The number of nitrogens with one attached hydrogen (secondary N) is 1. The molecule has 1 aliphatic carbocycles. The molecular formula is C12H17NO. The third-order valence-electron chi connectivity index (χ3n) is 2.83. The highest BCUT2D eigenvalue weighted by molar-refractivity contribution is 5.47. The van der Waals surface area contributed by atoms with Crippen LogP contribution in [0.15, 0.2) is 24.3 Å². The van der Waals surface area contributed by atoms with Gasteiger partial charge in [0.15, 0.2) is 0 Å². The predicted octanol–water partition coefficient (Wildman–Crippen LogP) is 2.91. The Labute approximate surface area is 85.3 Å². The van der Waals surface area contributed by atoms with Gasteiger partial charge in [0.2, 0.25) is 0 Å². The van der Waals surface area contributed by atoms with Crippen molar-refractivity contribution in [1.82, 2.24) is 0 Å². The van der Waals surface area contributed by atoms with Crippen molar-refractivity contribution < 1.29 is 4.74 Å². The molecule has 0 aliphatic heterocycles. The second-order valence-electron chi connectivity index (χ2n) is 4.15. The van der Waals surface area contributed by atoms with E-state index in [-0.39, 0.29) is 0 Å². The maximum atomic E-state index is 5.10. The highest BCUT2D eigenvalue weighted by Gasteiger charge is 2.24. The number of rotatable bonds is 3. The molecule has 2 nitrogen and oxygen atoms in total. The fourth-order valence-electron chi connectivity index (χ4n) is 1.94. The van der Waals surface area contributed by atoms with Crippen LogP contribution in [0, 0.1) is 5.92 Å². The third kappa shape index (κ3) is 2.00. The normalized spacial score (nSPS) is 25.3. The van der Waals surface area contributed by atoms with Gasteiger partial charge in [0.1, 0.15) is 5.75 Å². The van der Waals surface area contributed by atoms with Crippen LogP contribution in [0.4, 0.5) is 5.69 Å². The molecule has 1 aliphatic rings. The summed E-state index contributed by atoms with van der Waals surface area (Å²) in [6.07, 6.45) is 2.60. The van der Waals surface area contributed by atoms with Crippen molar-refractivity contribution in [3.8, 4) is 5.75 Å². The first kappa shape index (κ1) is 9.38. The molecule has 0 radical (unpaired) electrons. The van der Waals surface area contributed by atoms with E-state index in [1.54, 1.807) is 7.11 Å². The summed E-state index contributed by atoms with van der Waals surface area (Å²) in [5.41, 5.74) is 1.20. The highest BCUT2D eigenvalue weighted by Crippen LogP contribution is 2.29. The van der Waals surface area contributed by atoms with E-state index in [1.165, 1.54) is 18.5 Å². The van der Waals surface area contributed by atoms with Crippen molar-refractivity contribution in [3.05, 3.63) is 24.3 Å². The molecule has 1 aromatic rings. The van der Waals surface area contributed by atoms with Crippen LogP contribution in [0.3, 0.4) is 0 Å². The Balaban J connectivity index is 1.90. The van der Waals surface area contributed by atoms with Crippen LogP contribution in [0.2, 0.25) is 0 Å². The molecule has 1 saturated carbocycles. The Bertz CT molecular complexity index is 288. The van der Waals surface area contributed by atoms with E-state index < -0.39 is 0 Å². The van der Waals surface area contributed by atoms with E-state index in [4.69, 9.17) is 4.74 Å². The number of ether oxygens (including phenoxy) is 1. The van der Waals surface area contributed by atoms with Crippen LogP contribution < -0.4 is 10.1 Å². The molecule has 0 spiro atoms. The minimum Gasteiger partial charge on any atom is -0.497 e. The monoisotopic (exact) mass is 191 g/mol. The second-order valence-corrected chi connectivity index (χ2v) is 4.15. The molecule has 2 rings (SSSR count). The molecule has 0 atom stereocenters. The molecular weight excluding hydrogens is 174 g/mol. The predicted molar refractivity (Wildman–Crippen MR) is 58.8 cm³/mol. The van der Waals surface area contributed by atoms with Crippen molar-refractivity contribution in [2.24, 2.45) is 5.92 Å². The maximum absolute atomic E-state index is 5.10. The smallest absolute Gasteiger partial charge is 0.119 e. The van der Waals surface area contributed by atoms with E-state index in [2.05, 4.69) is 24.4 Å². The quantitative estimate of drug-likeness (QED) is 0.793. The first-order valence-electron chi connectivity index (χ1n) is 5.18. The molecule has 2 heteroatoms. The summed E-state index contributed by atoms with van der Waals surface area (Å²) in [6.45, 7) is 2.30. The minimum absolute atomic E-state index is 0.679. The van der Waals surface area contributed by atoms with Crippen LogP contribution in [0.1, 0.15) is 19.8 Å². The van der Waals surface area contributed by atoms with Gasteiger partial charge < -0.3 is 10.1 Å². The van der Waals surface area contributed by atoms with Crippen molar-refractivity contribution in [1.29, 1.82) is 0 Å². The average molecular weight is 191 g/mol. The lowest BCUT2D eigenvalue weighted by molar-refractivity contribution is 0.309. The topological polar surface area (TPSA) is 21.3 Å². The van der Waals surface area contributed by atoms with Gasteiger partial charge in [-0.25, -0.2) is 0 Å². The van der Waals surface area contributed by atoms with Gasteiger partial charge in [-0.3, -0.25) is 0 Å². The van der Waals surface area contributed by atoms with E-state index in [1.807, 2.05) is 12.1 Å². The number of benzene rings is 1. The second kappa shape index (κ2) is 3.91. The standard InChI is InChI=1S/C12H17NO/c1-9-7-11(8-9)13-10-3-5-12(14-2)6-4-10/h3-6,9,11,13H,7-8H2,1-2H3. The van der Waals surface area contributed by atoms with E-state index >= 15 is 0 Å². The molecule has 1 fully saturated rings. The lowest BCUT2D eigenvalue weighted by Crippen LogP contribution is -2.33. The largest absolute Gasteiger partial charge is 0.497 e. The molecule has 0 unspecified atom stereocenters. The molecule has 0 aromatic heterocycles. The van der Waals surface area contributed by atoms with Gasteiger partial charge in [0.25, 0.3) is 0 Å². The number of methoxy groups -OCH3 is 1. The van der Waals surface area contributed by atoms with Gasteiger partial charge in [-0.1, -0.05) is 6.92 Å². The van der Waals surface area contributed by atoms with Crippen molar-refractivity contribution in [3.63, 3.8) is 0 Å². The van der Waals surface area contributed by atoms with Gasteiger partial charge in [-0.2, -0.15) is 0 Å². The first-order chi connectivity index (χ1) is 6.78. The molecule has 1 N–H and O–H groups in total. The lowest BCUT2D eigenvalue weighted by Gasteiger charge is -2.34. The van der Waals surface area contributed by atoms with E-state index in [9.17, 15) is 0 Å². The van der Waals surface area contributed by atoms with Crippen molar-refractivity contribution in [2.45, 2.75) is 25.8 Å². The molecule has 14 heavy (non-hydrogen) atoms. The molecule has 0 amide bonds. The van der Waals surface area contributed by atoms with Crippen molar-refractivity contribution >= 4 is 5.69 Å². The molecule has 0 saturated heterocycles. The van der Waals surface area contributed by atoms with E-state index in [0.29, 0.717) is 6.04 Å². The fraction of sp³-hybridized carbons (Fsp3) is 0.500. The highest BCUT2D eigenvalue weighted by atomic mass is 16.5. The maximum Gasteiger partial charge on any atom is 0.119 e. The van der Waals surface area contributed by atoms with Gasteiger partial charge in [0.05, 0.1) is 7.11 Å². The molecule has 76 valence electrons. The average Bonchev–Trinajstić information content (AvgIpc) is 2.17. The van der Waals surface area contributed by atoms with Crippen LogP contribution in [-0.2, 0) is 0 Å². The summed E-state index contributed by atoms with van der Waals surface area (Å²) in [5.74, 6) is 1.81. The summed E-state index contributed by atoms with van der Waals surface area (Å²) < 4.78 is 5.10. The minimum atomic E-state index is 0.679. The van der Waals surface area contributed by atoms with Crippen LogP contribution in [-0.4, -0.2) is 13.2 Å². The summed E-state index contributed by atoms with van der Waals surface area (Å²) in [5, 5.41) is 3.50. The van der Waals surface area contributed by atoms with E-state index in [0.717, 1.165) is 11.7 Å². The third-order valence-corrected chi connectivity index (χ3v) is 2.83. The van der Waals surface area contributed by atoms with Gasteiger partial charge >= 0.3 is 0 Å². The van der Waals surface area contributed by atoms with Gasteiger partial charge in [0, 0.05) is 11.7 Å². The number of hydrogen-bond donors (Lipinski definition) is 1. The summed E-state index contributed by atoms with van der Waals surface area (Å²) in [4.78, 5) is 0. The Hall–Kier alpha value is -1.18. The van der Waals surface area contributed by atoms with Crippen molar-refractivity contribution in [2.75, 3.05) is 12.4 Å². The fourth-order valence-corrected chi connectivity index (χ4v) is 1.94. The molecule has 1 aromatic carbocycles. The van der Waals surface area contributed by atoms with Gasteiger partial charge in [-0.15, -0.1) is 0 Å². The van der Waals surface area contributed by atoms with Gasteiger partial charge in [-0.05, 0) is 43.0 Å². The first-order valence-corrected chi connectivity index (χ1v) is 5.18. The number of hydrogen-bond acceptors (Lipinski definition) is 2. The Morgan fingerprint density at radius 1 is 1.21 bits per heavy atom. The Morgan fingerprint density at radius 3 is 2.36 bits per heavy atom. The summed E-state index contributed by atoms with van der Waals surface area (Å²) >= 11 is 0. The Morgan fingerprint density at radius 2 is 1.86 bits per heavy atom. The zero-order chi connectivity index (χ0) is 9.97.